The molecule has 4 nitrogen and oxygen atoms in total. The van der Waals surface area contributed by atoms with E-state index < -0.39 is 10.0 Å². The van der Waals surface area contributed by atoms with E-state index in [1.807, 2.05) is 0 Å². The predicted octanol–water partition coefficient (Wildman–Crippen LogP) is 1.49. The molecule has 0 bridgehead atoms. The molecular formula is C11H26N2O2S. The zero-order valence-electron chi connectivity index (χ0n) is 10.6. The number of rotatable bonds is 11. The Kier molecular flexibility index (Phi) is 9.97. The van der Waals surface area contributed by atoms with Gasteiger partial charge >= 0.3 is 0 Å². The second kappa shape index (κ2) is 10.1. The number of hydrogen-bond acceptors (Lipinski definition) is 3. The lowest BCUT2D eigenvalue weighted by molar-refractivity contribution is 0.570. The zero-order chi connectivity index (χ0) is 12.3. The number of nitrogens with one attached hydrogen (secondary N) is 2. The van der Waals surface area contributed by atoms with Gasteiger partial charge < -0.3 is 5.32 Å². The molecule has 0 radical (unpaired) electrons. The summed E-state index contributed by atoms with van der Waals surface area (Å²) in [5.74, 6) is 0.176. The first kappa shape index (κ1) is 15.9. The Balaban J connectivity index is 3.27. The van der Waals surface area contributed by atoms with E-state index in [2.05, 4.69) is 17.0 Å². The van der Waals surface area contributed by atoms with Crippen LogP contribution in [-0.4, -0.2) is 33.8 Å². The molecule has 0 atom stereocenters. The van der Waals surface area contributed by atoms with E-state index in [1.165, 1.54) is 25.7 Å². The lowest BCUT2D eigenvalue weighted by Gasteiger charge is -2.06. The molecule has 0 aliphatic heterocycles. The SMILES string of the molecule is CCCCCCCNCCS(=O)(=O)NCC. The highest BCUT2D eigenvalue weighted by Gasteiger charge is 2.06. The lowest BCUT2D eigenvalue weighted by Crippen LogP contribution is -2.32. The molecule has 0 saturated carbocycles. The summed E-state index contributed by atoms with van der Waals surface area (Å²) in [5, 5.41) is 3.16. The van der Waals surface area contributed by atoms with Crippen molar-refractivity contribution in [3.63, 3.8) is 0 Å². The van der Waals surface area contributed by atoms with Crippen LogP contribution in [0.2, 0.25) is 0 Å². The summed E-state index contributed by atoms with van der Waals surface area (Å²) in [7, 11) is -3.05. The van der Waals surface area contributed by atoms with E-state index in [0.29, 0.717) is 13.1 Å². The van der Waals surface area contributed by atoms with Crippen molar-refractivity contribution in [2.45, 2.75) is 46.0 Å². The quantitative estimate of drug-likeness (QED) is 0.546. The van der Waals surface area contributed by atoms with Crippen LogP contribution in [0.3, 0.4) is 0 Å². The van der Waals surface area contributed by atoms with Crippen LogP contribution in [0, 0.1) is 0 Å². The van der Waals surface area contributed by atoms with Gasteiger partial charge in [0, 0.05) is 13.1 Å². The molecule has 0 aromatic heterocycles. The van der Waals surface area contributed by atoms with Crippen molar-refractivity contribution in [3.8, 4) is 0 Å². The predicted molar refractivity (Wildman–Crippen MR) is 69.1 cm³/mol. The summed E-state index contributed by atoms with van der Waals surface area (Å²) in [6.45, 7) is 5.93. The van der Waals surface area contributed by atoms with E-state index in [9.17, 15) is 8.42 Å². The van der Waals surface area contributed by atoms with Gasteiger partial charge in [-0.1, -0.05) is 39.5 Å². The van der Waals surface area contributed by atoms with Crippen LogP contribution >= 0.6 is 0 Å². The Morgan fingerprint density at radius 3 is 2.25 bits per heavy atom. The van der Waals surface area contributed by atoms with Crippen molar-refractivity contribution in [3.05, 3.63) is 0 Å². The molecule has 0 amide bonds. The van der Waals surface area contributed by atoms with Crippen molar-refractivity contribution in [2.75, 3.05) is 25.4 Å². The average Bonchev–Trinajstić information content (AvgIpc) is 2.22. The molecule has 0 aliphatic carbocycles. The Morgan fingerprint density at radius 1 is 0.938 bits per heavy atom. The van der Waals surface area contributed by atoms with Gasteiger partial charge in [-0.2, -0.15) is 0 Å². The summed E-state index contributed by atoms with van der Waals surface area (Å²) < 4.78 is 25.0. The fourth-order valence-electron chi connectivity index (χ4n) is 1.48. The van der Waals surface area contributed by atoms with E-state index in [1.54, 1.807) is 6.92 Å². The first-order chi connectivity index (χ1) is 7.62. The van der Waals surface area contributed by atoms with E-state index in [0.717, 1.165) is 13.0 Å². The number of sulfonamides is 1. The molecule has 98 valence electrons. The molecule has 0 aromatic carbocycles. The summed E-state index contributed by atoms with van der Waals surface area (Å²) in [4.78, 5) is 0. The minimum Gasteiger partial charge on any atom is -0.316 e. The van der Waals surface area contributed by atoms with Gasteiger partial charge in [-0.25, -0.2) is 13.1 Å². The average molecular weight is 250 g/mol. The molecule has 0 spiro atoms. The Hall–Kier alpha value is -0.130. The lowest BCUT2D eigenvalue weighted by atomic mass is 10.1. The van der Waals surface area contributed by atoms with E-state index in [-0.39, 0.29) is 5.75 Å². The topological polar surface area (TPSA) is 58.2 Å². The molecule has 0 aromatic rings. The normalized spacial score (nSPS) is 11.9. The molecule has 5 heteroatoms. The first-order valence-electron chi connectivity index (χ1n) is 6.30. The van der Waals surface area contributed by atoms with Gasteiger partial charge in [-0.05, 0) is 13.0 Å². The van der Waals surface area contributed by atoms with Gasteiger partial charge in [0.2, 0.25) is 10.0 Å². The summed E-state index contributed by atoms with van der Waals surface area (Å²) >= 11 is 0. The molecule has 0 heterocycles. The highest BCUT2D eigenvalue weighted by atomic mass is 32.2. The van der Waals surface area contributed by atoms with E-state index in [4.69, 9.17) is 0 Å². The van der Waals surface area contributed by atoms with Crippen molar-refractivity contribution >= 4 is 10.0 Å². The maximum atomic E-state index is 11.3. The Bertz CT molecular complexity index is 240. The van der Waals surface area contributed by atoms with Crippen molar-refractivity contribution in [1.29, 1.82) is 0 Å². The molecule has 0 saturated heterocycles. The van der Waals surface area contributed by atoms with Gasteiger partial charge in [0.15, 0.2) is 0 Å². The van der Waals surface area contributed by atoms with Crippen LogP contribution in [0.1, 0.15) is 46.0 Å². The van der Waals surface area contributed by atoms with Crippen molar-refractivity contribution < 1.29 is 8.42 Å². The summed E-state index contributed by atoms with van der Waals surface area (Å²) in [6, 6.07) is 0. The maximum absolute atomic E-state index is 11.3. The van der Waals surface area contributed by atoms with E-state index >= 15 is 0 Å². The Morgan fingerprint density at radius 2 is 1.62 bits per heavy atom. The summed E-state index contributed by atoms with van der Waals surface area (Å²) in [5.41, 5.74) is 0. The van der Waals surface area contributed by atoms with Gasteiger partial charge in [0.25, 0.3) is 0 Å². The fourth-order valence-corrected chi connectivity index (χ4v) is 2.47. The monoisotopic (exact) mass is 250 g/mol. The largest absolute Gasteiger partial charge is 0.316 e. The van der Waals surface area contributed by atoms with Gasteiger partial charge in [-0.3, -0.25) is 0 Å². The van der Waals surface area contributed by atoms with Crippen LogP contribution in [0.15, 0.2) is 0 Å². The standard InChI is InChI=1S/C11H26N2O2S/c1-3-5-6-7-8-9-12-10-11-16(14,15)13-4-2/h12-13H,3-11H2,1-2H3. The number of unbranched alkanes of at least 4 members (excludes halogenated alkanes) is 4. The van der Waals surface area contributed by atoms with Crippen molar-refractivity contribution in [2.24, 2.45) is 0 Å². The smallest absolute Gasteiger partial charge is 0.212 e. The third-order valence-electron chi connectivity index (χ3n) is 2.37. The third kappa shape index (κ3) is 10.4. The van der Waals surface area contributed by atoms with Crippen LogP contribution < -0.4 is 10.0 Å². The highest BCUT2D eigenvalue weighted by Crippen LogP contribution is 2.00. The van der Waals surface area contributed by atoms with Gasteiger partial charge in [0.1, 0.15) is 0 Å². The highest BCUT2D eigenvalue weighted by molar-refractivity contribution is 7.89. The Labute approximate surface area is 100 Å². The molecule has 0 aliphatic rings. The van der Waals surface area contributed by atoms with Crippen LogP contribution in [0.5, 0.6) is 0 Å². The van der Waals surface area contributed by atoms with Crippen LogP contribution in [-0.2, 0) is 10.0 Å². The molecule has 0 unspecified atom stereocenters. The van der Waals surface area contributed by atoms with Crippen LogP contribution in [0.25, 0.3) is 0 Å². The molecule has 2 N–H and O–H groups in total. The fraction of sp³-hybridized carbons (Fsp3) is 1.00. The van der Waals surface area contributed by atoms with Crippen molar-refractivity contribution in [1.82, 2.24) is 10.0 Å². The first-order valence-corrected chi connectivity index (χ1v) is 7.95. The van der Waals surface area contributed by atoms with Gasteiger partial charge in [0.05, 0.1) is 5.75 Å². The minimum absolute atomic E-state index is 0.176. The zero-order valence-corrected chi connectivity index (χ0v) is 11.4. The molecular weight excluding hydrogens is 224 g/mol. The molecule has 16 heavy (non-hydrogen) atoms. The van der Waals surface area contributed by atoms with Crippen LogP contribution in [0.4, 0.5) is 0 Å². The maximum Gasteiger partial charge on any atom is 0.212 e. The molecule has 0 rings (SSSR count). The third-order valence-corrected chi connectivity index (χ3v) is 3.84. The second-order valence-corrected chi connectivity index (χ2v) is 5.91. The molecule has 0 fully saturated rings. The number of hydrogen-bond donors (Lipinski definition) is 2. The minimum atomic E-state index is -3.05. The van der Waals surface area contributed by atoms with Gasteiger partial charge in [-0.15, -0.1) is 0 Å². The summed E-state index contributed by atoms with van der Waals surface area (Å²) in [6.07, 6.45) is 6.22. The second-order valence-electron chi connectivity index (χ2n) is 3.98.